The standard InChI is InChI=1S/C13H11N3O.C2H6/c14-9-1-3-10(4-2-9)16-8-15-12-7-11(17)5-6-13(12)16;1-2/h1-8,17H,14H2;1-2H3. The van der Waals surface area contributed by atoms with Crippen molar-refractivity contribution in [2.24, 2.45) is 0 Å². The highest BCUT2D eigenvalue weighted by Crippen LogP contribution is 2.22. The molecule has 4 nitrogen and oxygen atoms in total. The molecular weight excluding hydrogens is 238 g/mol. The largest absolute Gasteiger partial charge is 0.508 e. The molecule has 0 unspecified atom stereocenters. The molecule has 0 bridgehead atoms. The third-order valence-corrected chi connectivity index (χ3v) is 2.70. The summed E-state index contributed by atoms with van der Waals surface area (Å²) in [6.07, 6.45) is 1.73. The third-order valence-electron chi connectivity index (χ3n) is 2.70. The van der Waals surface area contributed by atoms with E-state index in [1.165, 1.54) is 0 Å². The number of hydrogen-bond acceptors (Lipinski definition) is 3. The van der Waals surface area contributed by atoms with E-state index in [-0.39, 0.29) is 5.75 Å². The van der Waals surface area contributed by atoms with Crippen LogP contribution in [-0.4, -0.2) is 14.7 Å². The molecule has 4 heteroatoms. The van der Waals surface area contributed by atoms with E-state index in [2.05, 4.69) is 4.98 Å². The quantitative estimate of drug-likeness (QED) is 0.655. The van der Waals surface area contributed by atoms with Crippen LogP contribution in [0.3, 0.4) is 0 Å². The molecule has 0 atom stereocenters. The Kier molecular flexibility index (Phi) is 3.71. The fourth-order valence-corrected chi connectivity index (χ4v) is 1.84. The first-order valence-electron chi connectivity index (χ1n) is 6.26. The molecule has 0 radical (unpaired) electrons. The van der Waals surface area contributed by atoms with E-state index in [1.807, 2.05) is 48.7 Å². The molecule has 0 saturated carbocycles. The maximum atomic E-state index is 9.38. The zero-order chi connectivity index (χ0) is 13.8. The minimum absolute atomic E-state index is 0.222. The van der Waals surface area contributed by atoms with E-state index in [9.17, 15) is 5.11 Å². The molecule has 3 aromatic rings. The summed E-state index contributed by atoms with van der Waals surface area (Å²) in [7, 11) is 0. The first kappa shape index (κ1) is 13.0. The van der Waals surface area contributed by atoms with Gasteiger partial charge in [-0.15, -0.1) is 0 Å². The molecule has 1 aromatic heterocycles. The Morgan fingerprint density at radius 2 is 1.74 bits per heavy atom. The van der Waals surface area contributed by atoms with E-state index in [1.54, 1.807) is 18.5 Å². The fourth-order valence-electron chi connectivity index (χ4n) is 1.84. The Hall–Kier alpha value is -2.49. The van der Waals surface area contributed by atoms with Crippen LogP contribution in [0.4, 0.5) is 5.69 Å². The smallest absolute Gasteiger partial charge is 0.117 e. The van der Waals surface area contributed by atoms with Crippen molar-refractivity contribution in [3.63, 3.8) is 0 Å². The Morgan fingerprint density at radius 3 is 2.42 bits per heavy atom. The number of hydrogen-bond donors (Lipinski definition) is 2. The lowest BCUT2D eigenvalue weighted by molar-refractivity contribution is 0.476. The highest BCUT2D eigenvalue weighted by atomic mass is 16.3. The van der Waals surface area contributed by atoms with E-state index in [0.29, 0.717) is 0 Å². The van der Waals surface area contributed by atoms with Gasteiger partial charge in [-0.2, -0.15) is 0 Å². The number of rotatable bonds is 1. The van der Waals surface area contributed by atoms with E-state index < -0.39 is 0 Å². The minimum atomic E-state index is 0.222. The highest BCUT2D eigenvalue weighted by Gasteiger charge is 2.04. The normalized spacial score (nSPS) is 10.0. The zero-order valence-corrected chi connectivity index (χ0v) is 11.0. The Bertz CT molecular complexity index is 671. The van der Waals surface area contributed by atoms with Crippen molar-refractivity contribution in [1.82, 2.24) is 9.55 Å². The Balaban J connectivity index is 0.000000637. The number of phenolic OH excluding ortho intramolecular Hbond substituents is 1. The van der Waals surface area contributed by atoms with Crippen molar-refractivity contribution in [3.05, 3.63) is 48.8 Å². The van der Waals surface area contributed by atoms with Crippen LogP contribution >= 0.6 is 0 Å². The summed E-state index contributed by atoms with van der Waals surface area (Å²) in [6, 6.07) is 12.7. The maximum absolute atomic E-state index is 9.38. The Morgan fingerprint density at radius 1 is 1.05 bits per heavy atom. The average molecular weight is 255 g/mol. The van der Waals surface area contributed by atoms with Crippen molar-refractivity contribution in [2.45, 2.75) is 13.8 Å². The summed E-state index contributed by atoms with van der Waals surface area (Å²) in [6.45, 7) is 4.00. The van der Waals surface area contributed by atoms with Crippen LogP contribution in [0, 0.1) is 0 Å². The second kappa shape index (κ2) is 5.44. The van der Waals surface area contributed by atoms with Crippen molar-refractivity contribution < 1.29 is 5.11 Å². The number of benzene rings is 2. The number of aromatic hydroxyl groups is 1. The van der Waals surface area contributed by atoms with Gasteiger partial charge in [-0.1, -0.05) is 13.8 Å². The summed E-state index contributed by atoms with van der Waals surface area (Å²) in [5.74, 6) is 0.222. The molecule has 1 heterocycles. The second-order valence-electron chi connectivity index (χ2n) is 3.88. The van der Waals surface area contributed by atoms with Gasteiger partial charge in [-0.05, 0) is 36.4 Å². The number of nitrogens with zero attached hydrogens (tertiary/aromatic N) is 2. The van der Waals surface area contributed by atoms with Crippen LogP contribution in [0.5, 0.6) is 5.75 Å². The van der Waals surface area contributed by atoms with E-state index in [0.717, 1.165) is 22.4 Å². The molecule has 0 aliphatic heterocycles. The topological polar surface area (TPSA) is 64.1 Å². The lowest BCUT2D eigenvalue weighted by atomic mass is 10.2. The van der Waals surface area contributed by atoms with Crippen molar-refractivity contribution >= 4 is 16.7 Å². The zero-order valence-electron chi connectivity index (χ0n) is 11.0. The van der Waals surface area contributed by atoms with Gasteiger partial charge in [-0.3, -0.25) is 4.57 Å². The van der Waals surface area contributed by atoms with Crippen LogP contribution in [0.1, 0.15) is 13.8 Å². The molecule has 19 heavy (non-hydrogen) atoms. The van der Waals surface area contributed by atoms with Gasteiger partial charge in [0.05, 0.1) is 11.0 Å². The molecular formula is C15H17N3O. The van der Waals surface area contributed by atoms with E-state index in [4.69, 9.17) is 5.73 Å². The molecule has 0 saturated heterocycles. The monoisotopic (exact) mass is 255 g/mol. The fraction of sp³-hybridized carbons (Fsp3) is 0.133. The minimum Gasteiger partial charge on any atom is -0.508 e. The lowest BCUT2D eigenvalue weighted by Gasteiger charge is -2.04. The van der Waals surface area contributed by atoms with Crippen LogP contribution in [-0.2, 0) is 0 Å². The summed E-state index contributed by atoms with van der Waals surface area (Å²) >= 11 is 0. The first-order valence-corrected chi connectivity index (χ1v) is 6.26. The lowest BCUT2D eigenvalue weighted by Crippen LogP contribution is -1.92. The van der Waals surface area contributed by atoms with Crippen LogP contribution in [0.2, 0.25) is 0 Å². The molecule has 98 valence electrons. The van der Waals surface area contributed by atoms with Gasteiger partial charge in [-0.25, -0.2) is 4.98 Å². The van der Waals surface area contributed by atoms with Crippen molar-refractivity contribution in [2.75, 3.05) is 5.73 Å². The van der Waals surface area contributed by atoms with Crippen LogP contribution in [0.25, 0.3) is 16.7 Å². The second-order valence-corrected chi connectivity index (χ2v) is 3.88. The number of fused-ring (bicyclic) bond motifs is 1. The average Bonchev–Trinajstić information content (AvgIpc) is 2.85. The number of imidazole rings is 1. The summed E-state index contributed by atoms with van der Waals surface area (Å²) in [4.78, 5) is 4.25. The predicted molar refractivity (Wildman–Crippen MR) is 78.5 cm³/mol. The number of phenols is 1. The molecule has 3 N–H and O–H groups in total. The molecule has 2 aromatic carbocycles. The molecule has 0 spiro atoms. The van der Waals surface area contributed by atoms with Gasteiger partial charge in [0, 0.05) is 17.4 Å². The number of nitrogen functional groups attached to an aromatic ring is 1. The Labute approximate surface area is 112 Å². The molecule has 0 amide bonds. The molecule has 3 rings (SSSR count). The maximum Gasteiger partial charge on any atom is 0.117 e. The third kappa shape index (κ3) is 2.52. The number of aromatic nitrogens is 2. The van der Waals surface area contributed by atoms with Gasteiger partial charge < -0.3 is 10.8 Å². The van der Waals surface area contributed by atoms with Gasteiger partial charge in [0.25, 0.3) is 0 Å². The van der Waals surface area contributed by atoms with Gasteiger partial charge in [0.1, 0.15) is 12.1 Å². The van der Waals surface area contributed by atoms with Crippen molar-refractivity contribution in [3.8, 4) is 11.4 Å². The molecule has 0 aliphatic carbocycles. The van der Waals surface area contributed by atoms with Crippen molar-refractivity contribution in [1.29, 1.82) is 0 Å². The van der Waals surface area contributed by atoms with Gasteiger partial charge in [0.15, 0.2) is 0 Å². The van der Waals surface area contributed by atoms with Crippen LogP contribution < -0.4 is 5.73 Å². The molecule has 0 aliphatic rings. The summed E-state index contributed by atoms with van der Waals surface area (Å²) in [5, 5.41) is 9.38. The highest BCUT2D eigenvalue weighted by molar-refractivity contribution is 5.78. The van der Waals surface area contributed by atoms with Gasteiger partial charge >= 0.3 is 0 Å². The van der Waals surface area contributed by atoms with Crippen LogP contribution in [0.15, 0.2) is 48.8 Å². The first-order chi connectivity index (χ1) is 9.24. The number of nitrogens with two attached hydrogens (primary N) is 1. The van der Waals surface area contributed by atoms with E-state index >= 15 is 0 Å². The molecule has 0 fully saturated rings. The number of anilines is 1. The SMILES string of the molecule is CC.Nc1ccc(-n2cnc3cc(O)ccc32)cc1. The predicted octanol–water partition coefficient (Wildman–Crippen LogP) is 3.34. The van der Waals surface area contributed by atoms with Gasteiger partial charge in [0.2, 0.25) is 0 Å². The summed E-state index contributed by atoms with van der Waals surface area (Å²) in [5.41, 5.74) is 9.10. The summed E-state index contributed by atoms with van der Waals surface area (Å²) < 4.78 is 1.95.